The first-order chi connectivity index (χ1) is 15.4. The minimum absolute atomic E-state index is 0.243. The fourth-order valence-electron chi connectivity index (χ4n) is 3.70. The van der Waals surface area contributed by atoms with Crippen LogP contribution in [0.3, 0.4) is 0 Å². The number of aromatic amines is 1. The summed E-state index contributed by atoms with van der Waals surface area (Å²) in [6.45, 7) is 2.15. The molecular weight excluding hydrogens is 435 g/mol. The molecule has 6 nitrogen and oxygen atoms in total. The number of H-pyrrole nitrogens is 1. The molecule has 0 atom stereocenters. The molecule has 4 aromatic rings. The highest BCUT2D eigenvalue weighted by atomic mass is 35.5. The highest BCUT2D eigenvalue weighted by Gasteiger charge is 2.12. The lowest BCUT2D eigenvalue weighted by Crippen LogP contribution is -2.30. The van der Waals surface area contributed by atoms with Gasteiger partial charge in [-0.05, 0) is 48.2 Å². The number of nitrogens with one attached hydrogen (secondary N) is 2. The number of rotatable bonds is 8. The minimum Gasteiger partial charge on any atom is -0.482 e. The van der Waals surface area contributed by atoms with E-state index in [2.05, 4.69) is 10.3 Å². The molecule has 0 fully saturated rings. The molecule has 0 radical (unpaired) electrons. The Morgan fingerprint density at radius 1 is 1.16 bits per heavy atom. The summed E-state index contributed by atoms with van der Waals surface area (Å²) in [4.78, 5) is 27.1. The number of halogens is 2. The van der Waals surface area contributed by atoms with Crippen LogP contribution in [0.2, 0.25) is 5.02 Å². The number of hydrogen-bond donors (Lipinski definition) is 2. The van der Waals surface area contributed by atoms with Crippen molar-refractivity contribution >= 4 is 39.4 Å². The lowest BCUT2D eigenvalue weighted by atomic mass is 10.1. The molecule has 166 valence electrons. The highest BCUT2D eigenvalue weighted by molar-refractivity contribution is 6.32. The van der Waals surface area contributed by atoms with Crippen molar-refractivity contribution in [1.82, 2.24) is 10.3 Å². The maximum Gasteiger partial charge on any atom is 0.336 e. The van der Waals surface area contributed by atoms with Crippen molar-refractivity contribution < 1.29 is 18.3 Å². The minimum atomic E-state index is -0.441. The van der Waals surface area contributed by atoms with Crippen molar-refractivity contribution in [2.24, 2.45) is 0 Å². The maximum absolute atomic E-state index is 13.5. The highest BCUT2D eigenvalue weighted by Crippen LogP contribution is 2.31. The largest absolute Gasteiger partial charge is 0.482 e. The van der Waals surface area contributed by atoms with Crippen molar-refractivity contribution in [3.05, 3.63) is 75.0 Å². The summed E-state index contributed by atoms with van der Waals surface area (Å²) in [5, 5.41) is 4.65. The number of carbonyl (C=O) groups excluding carboxylic acids is 1. The molecular formula is C24H22ClFN2O4. The van der Waals surface area contributed by atoms with Crippen molar-refractivity contribution in [2.75, 3.05) is 13.2 Å². The van der Waals surface area contributed by atoms with E-state index >= 15 is 0 Å². The number of aromatic nitrogens is 1. The molecule has 0 unspecified atom stereocenters. The number of hydrogen-bond acceptors (Lipinski definition) is 4. The third-order valence-corrected chi connectivity index (χ3v) is 5.50. The van der Waals surface area contributed by atoms with Crippen LogP contribution in [0.15, 0.2) is 51.8 Å². The van der Waals surface area contributed by atoms with Gasteiger partial charge in [-0.1, -0.05) is 24.9 Å². The van der Waals surface area contributed by atoms with Gasteiger partial charge in [0.15, 0.2) is 6.61 Å². The van der Waals surface area contributed by atoms with E-state index in [1.165, 1.54) is 24.3 Å². The summed E-state index contributed by atoms with van der Waals surface area (Å²) in [6, 6.07) is 9.24. The fraction of sp³-hybridized carbons (Fsp3) is 0.250. The van der Waals surface area contributed by atoms with E-state index in [1.54, 1.807) is 12.1 Å². The SMILES string of the molecule is CCCc1cc(=O)oc2cc(OCC(=O)NCCc3c[nH]c4ccc(F)cc34)c(Cl)cc12. The Balaban J connectivity index is 1.37. The van der Waals surface area contributed by atoms with Gasteiger partial charge in [-0.25, -0.2) is 9.18 Å². The number of carbonyl (C=O) groups is 1. The summed E-state index contributed by atoms with van der Waals surface area (Å²) in [7, 11) is 0. The molecule has 0 aliphatic rings. The Bertz CT molecular complexity index is 1350. The maximum atomic E-state index is 13.5. The number of aryl methyl sites for hydroxylation is 1. The van der Waals surface area contributed by atoms with E-state index in [4.69, 9.17) is 20.8 Å². The quantitative estimate of drug-likeness (QED) is 0.374. The van der Waals surface area contributed by atoms with Gasteiger partial charge in [-0.3, -0.25) is 4.79 Å². The Hall–Kier alpha value is -3.32. The lowest BCUT2D eigenvalue weighted by molar-refractivity contribution is -0.123. The number of benzene rings is 2. The zero-order valence-corrected chi connectivity index (χ0v) is 18.2. The summed E-state index contributed by atoms with van der Waals surface area (Å²) < 4.78 is 24.3. The number of ether oxygens (including phenoxy) is 1. The van der Waals surface area contributed by atoms with Crippen LogP contribution in [0, 0.1) is 5.82 Å². The normalized spacial score (nSPS) is 11.2. The van der Waals surface area contributed by atoms with Crippen LogP contribution in [0.5, 0.6) is 5.75 Å². The molecule has 2 aromatic carbocycles. The van der Waals surface area contributed by atoms with E-state index in [0.29, 0.717) is 23.6 Å². The second kappa shape index (κ2) is 9.44. The Morgan fingerprint density at radius 3 is 2.81 bits per heavy atom. The van der Waals surface area contributed by atoms with Crippen LogP contribution in [0.1, 0.15) is 24.5 Å². The molecule has 0 spiro atoms. The van der Waals surface area contributed by atoms with E-state index in [0.717, 1.165) is 40.3 Å². The van der Waals surface area contributed by atoms with Gasteiger partial charge in [0.2, 0.25) is 0 Å². The van der Waals surface area contributed by atoms with Crippen LogP contribution in [-0.4, -0.2) is 24.0 Å². The van der Waals surface area contributed by atoms with Gasteiger partial charge < -0.3 is 19.5 Å². The molecule has 32 heavy (non-hydrogen) atoms. The third kappa shape index (κ3) is 4.78. The Morgan fingerprint density at radius 2 is 2.00 bits per heavy atom. The first-order valence-electron chi connectivity index (χ1n) is 10.4. The topological polar surface area (TPSA) is 84.3 Å². The monoisotopic (exact) mass is 456 g/mol. The molecule has 4 rings (SSSR count). The molecule has 0 saturated heterocycles. The number of amides is 1. The van der Waals surface area contributed by atoms with Gasteiger partial charge in [-0.15, -0.1) is 0 Å². The van der Waals surface area contributed by atoms with Gasteiger partial charge in [0, 0.05) is 41.2 Å². The summed E-state index contributed by atoms with van der Waals surface area (Å²) in [6.07, 6.45) is 3.95. The molecule has 0 saturated carbocycles. The smallest absolute Gasteiger partial charge is 0.336 e. The first kappa shape index (κ1) is 21.9. The predicted octanol–water partition coefficient (Wildman–Crippen LogP) is 4.76. The van der Waals surface area contributed by atoms with Crippen LogP contribution in [-0.2, 0) is 17.6 Å². The summed E-state index contributed by atoms with van der Waals surface area (Å²) in [5.74, 6) is -0.368. The van der Waals surface area contributed by atoms with Gasteiger partial charge in [0.05, 0.1) is 5.02 Å². The zero-order chi connectivity index (χ0) is 22.7. The van der Waals surface area contributed by atoms with E-state index in [1.807, 2.05) is 13.1 Å². The van der Waals surface area contributed by atoms with Crippen molar-refractivity contribution in [3.63, 3.8) is 0 Å². The second-order valence-corrected chi connectivity index (χ2v) is 7.92. The Kier molecular flexibility index (Phi) is 6.46. The molecule has 0 bridgehead atoms. The average molecular weight is 457 g/mol. The van der Waals surface area contributed by atoms with Crippen molar-refractivity contribution in [1.29, 1.82) is 0 Å². The average Bonchev–Trinajstić information content (AvgIpc) is 3.15. The lowest BCUT2D eigenvalue weighted by Gasteiger charge is -2.11. The molecule has 2 aromatic heterocycles. The molecule has 8 heteroatoms. The van der Waals surface area contributed by atoms with Crippen LogP contribution in [0.4, 0.5) is 4.39 Å². The molecule has 1 amide bonds. The standard InChI is InChI=1S/C24H22ClFN2O4/c1-2-3-14-8-24(30)32-21-11-22(19(25)10-18(14)21)31-13-23(29)27-7-6-15-12-28-20-5-4-16(26)9-17(15)20/h4-5,8-12,28H,2-3,6-7,13H2,1H3,(H,27,29). The van der Waals surface area contributed by atoms with Gasteiger partial charge in [-0.2, -0.15) is 0 Å². The molecule has 0 aliphatic heterocycles. The molecule has 2 heterocycles. The van der Waals surface area contributed by atoms with Crippen LogP contribution < -0.4 is 15.7 Å². The molecule has 0 aliphatic carbocycles. The van der Waals surface area contributed by atoms with Crippen molar-refractivity contribution in [3.8, 4) is 5.75 Å². The Labute approximate surface area is 188 Å². The second-order valence-electron chi connectivity index (χ2n) is 7.51. The van der Waals surface area contributed by atoms with Gasteiger partial charge in [0.25, 0.3) is 5.91 Å². The first-order valence-corrected chi connectivity index (χ1v) is 10.7. The van der Waals surface area contributed by atoms with E-state index in [-0.39, 0.29) is 24.1 Å². The summed E-state index contributed by atoms with van der Waals surface area (Å²) >= 11 is 6.33. The van der Waals surface area contributed by atoms with Crippen LogP contribution in [0.25, 0.3) is 21.9 Å². The fourth-order valence-corrected chi connectivity index (χ4v) is 3.92. The van der Waals surface area contributed by atoms with E-state index in [9.17, 15) is 14.0 Å². The summed E-state index contributed by atoms with van der Waals surface area (Å²) in [5.41, 5.74) is 2.55. The molecule has 2 N–H and O–H groups in total. The van der Waals surface area contributed by atoms with Gasteiger partial charge in [0.1, 0.15) is 17.1 Å². The predicted molar refractivity (Wildman–Crippen MR) is 122 cm³/mol. The van der Waals surface area contributed by atoms with Crippen LogP contribution >= 0.6 is 11.6 Å². The third-order valence-electron chi connectivity index (χ3n) is 5.21. The number of fused-ring (bicyclic) bond motifs is 2. The van der Waals surface area contributed by atoms with Crippen molar-refractivity contribution in [2.45, 2.75) is 26.2 Å². The van der Waals surface area contributed by atoms with Gasteiger partial charge >= 0.3 is 5.63 Å². The van der Waals surface area contributed by atoms with E-state index < -0.39 is 5.63 Å². The zero-order valence-electron chi connectivity index (χ0n) is 17.5.